The lowest BCUT2D eigenvalue weighted by atomic mass is 10.1. The number of ether oxygens (including phenoxy) is 2. The van der Waals surface area contributed by atoms with Gasteiger partial charge in [0.25, 0.3) is 5.91 Å². The molecular weight excluding hydrogens is 306 g/mol. The van der Waals surface area contributed by atoms with Crippen molar-refractivity contribution in [3.8, 4) is 11.5 Å². The highest BCUT2D eigenvalue weighted by Crippen LogP contribution is 2.41. The largest absolute Gasteiger partial charge is 0.586 e. The Bertz CT molecular complexity index is 648. The molecule has 5 nitrogen and oxygen atoms in total. The second kappa shape index (κ2) is 5.06. The molecule has 4 rings (SSSR count). The summed E-state index contributed by atoms with van der Waals surface area (Å²) in [7, 11) is 0. The minimum absolute atomic E-state index is 0.0549. The predicted octanol–water partition coefficient (Wildman–Crippen LogP) is 2.22. The Balaban J connectivity index is 1.44. The Morgan fingerprint density at radius 1 is 1.26 bits per heavy atom. The standard InChI is InChI=1S/C16H18F2N2O3/c1-9-7-20(11-3-4-11)8-12(9)19-15(21)10-2-5-13-14(6-10)23-16(17,18)22-13/h2,5-6,9,11-12H,3-4,7-8H2,1H3,(H,19,21)/t9-,12+/m1/s1. The van der Waals surface area contributed by atoms with Gasteiger partial charge in [0.1, 0.15) is 0 Å². The number of benzene rings is 1. The molecule has 1 aromatic carbocycles. The summed E-state index contributed by atoms with van der Waals surface area (Å²) >= 11 is 0. The van der Waals surface area contributed by atoms with E-state index in [1.165, 1.54) is 31.0 Å². The summed E-state index contributed by atoms with van der Waals surface area (Å²) in [5, 5.41) is 3.00. The molecule has 1 saturated heterocycles. The van der Waals surface area contributed by atoms with Gasteiger partial charge in [-0.15, -0.1) is 8.78 Å². The Hall–Kier alpha value is -1.89. The lowest BCUT2D eigenvalue weighted by molar-refractivity contribution is -0.286. The molecule has 0 spiro atoms. The lowest BCUT2D eigenvalue weighted by Crippen LogP contribution is -2.40. The monoisotopic (exact) mass is 324 g/mol. The molecule has 1 N–H and O–H groups in total. The van der Waals surface area contributed by atoms with Gasteiger partial charge in [-0.1, -0.05) is 6.92 Å². The number of nitrogens with one attached hydrogen (secondary N) is 1. The second-order valence-electron chi connectivity index (χ2n) is 6.57. The molecule has 2 aliphatic heterocycles. The van der Waals surface area contributed by atoms with Crippen LogP contribution in [0.4, 0.5) is 8.78 Å². The first-order valence-corrected chi connectivity index (χ1v) is 7.86. The first-order valence-electron chi connectivity index (χ1n) is 7.86. The molecule has 124 valence electrons. The van der Waals surface area contributed by atoms with Crippen molar-refractivity contribution in [2.24, 2.45) is 5.92 Å². The predicted molar refractivity (Wildman–Crippen MR) is 77.7 cm³/mol. The SMILES string of the molecule is C[C@@H]1CN(C2CC2)C[C@@H]1NC(=O)c1ccc2c(c1)OC(F)(F)O2. The van der Waals surface area contributed by atoms with Crippen molar-refractivity contribution in [2.45, 2.75) is 38.1 Å². The van der Waals surface area contributed by atoms with Gasteiger partial charge in [-0.3, -0.25) is 9.69 Å². The Morgan fingerprint density at radius 3 is 2.74 bits per heavy atom. The normalized spacial score (nSPS) is 28.8. The molecule has 1 aromatic rings. The number of halogens is 2. The molecule has 2 atom stereocenters. The zero-order valence-corrected chi connectivity index (χ0v) is 12.7. The Morgan fingerprint density at radius 2 is 2.00 bits per heavy atom. The van der Waals surface area contributed by atoms with Gasteiger partial charge >= 0.3 is 6.29 Å². The van der Waals surface area contributed by atoms with Gasteiger partial charge < -0.3 is 14.8 Å². The van der Waals surface area contributed by atoms with Crippen LogP contribution in [0.5, 0.6) is 11.5 Å². The quantitative estimate of drug-likeness (QED) is 0.926. The van der Waals surface area contributed by atoms with Crippen molar-refractivity contribution < 1.29 is 23.0 Å². The van der Waals surface area contributed by atoms with Gasteiger partial charge in [0.15, 0.2) is 11.5 Å². The van der Waals surface area contributed by atoms with Gasteiger partial charge in [-0.25, -0.2) is 0 Å². The molecule has 0 unspecified atom stereocenters. The van der Waals surface area contributed by atoms with E-state index in [0.717, 1.165) is 13.1 Å². The highest BCUT2D eigenvalue weighted by Gasteiger charge is 2.44. The van der Waals surface area contributed by atoms with Gasteiger partial charge in [-0.05, 0) is 37.0 Å². The van der Waals surface area contributed by atoms with Gasteiger partial charge in [0, 0.05) is 30.7 Å². The number of fused-ring (bicyclic) bond motifs is 1. The van der Waals surface area contributed by atoms with Crippen LogP contribution in [0.15, 0.2) is 18.2 Å². The number of carbonyl (C=O) groups excluding carboxylic acids is 1. The fourth-order valence-electron chi connectivity index (χ4n) is 3.27. The maximum Gasteiger partial charge on any atom is 0.586 e. The zero-order chi connectivity index (χ0) is 16.2. The maximum absolute atomic E-state index is 13.0. The van der Waals surface area contributed by atoms with Crippen molar-refractivity contribution in [1.29, 1.82) is 0 Å². The summed E-state index contributed by atoms with van der Waals surface area (Å²) < 4.78 is 34.8. The molecule has 23 heavy (non-hydrogen) atoms. The third-order valence-electron chi connectivity index (χ3n) is 4.68. The van der Waals surface area contributed by atoms with Crippen LogP contribution in [-0.2, 0) is 0 Å². The molecule has 2 heterocycles. The van der Waals surface area contributed by atoms with Crippen LogP contribution in [0.3, 0.4) is 0 Å². The molecule has 1 amide bonds. The number of nitrogens with zero attached hydrogens (tertiary/aromatic N) is 1. The van der Waals surface area contributed by atoms with Gasteiger partial charge in [-0.2, -0.15) is 0 Å². The van der Waals surface area contributed by atoms with Crippen molar-refractivity contribution in [1.82, 2.24) is 10.2 Å². The lowest BCUT2D eigenvalue weighted by Gasteiger charge is -2.17. The molecule has 0 bridgehead atoms. The minimum Gasteiger partial charge on any atom is -0.395 e. The smallest absolute Gasteiger partial charge is 0.395 e. The minimum atomic E-state index is -3.66. The molecule has 0 aromatic heterocycles. The number of hydrogen-bond donors (Lipinski definition) is 1. The number of amides is 1. The highest BCUT2D eigenvalue weighted by molar-refractivity contribution is 5.95. The molecule has 0 radical (unpaired) electrons. The zero-order valence-electron chi connectivity index (χ0n) is 12.7. The van der Waals surface area contributed by atoms with Crippen LogP contribution in [0.1, 0.15) is 30.1 Å². The van der Waals surface area contributed by atoms with Gasteiger partial charge in [0.05, 0.1) is 0 Å². The summed E-state index contributed by atoms with van der Waals surface area (Å²) in [5.41, 5.74) is 0.294. The summed E-state index contributed by atoms with van der Waals surface area (Å²) in [6, 6.07) is 4.85. The van der Waals surface area contributed by atoms with E-state index >= 15 is 0 Å². The van der Waals surface area contributed by atoms with Crippen molar-refractivity contribution in [2.75, 3.05) is 13.1 Å². The first kappa shape index (κ1) is 14.7. The molecule has 1 saturated carbocycles. The summed E-state index contributed by atoms with van der Waals surface area (Å²) in [5.74, 6) is -0.0681. The van der Waals surface area contributed by atoms with E-state index in [-0.39, 0.29) is 23.4 Å². The molecule has 2 fully saturated rings. The summed E-state index contributed by atoms with van der Waals surface area (Å²) in [4.78, 5) is 14.8. The van der Waals surface area contributed by atoms with E-state index in [1.54, 1.807) is 0 Å². The molecule has 7 heteroatoms. The third kappa shape index (κ3) is 2.85. The van der Waals surface area contributed by atoms with Gasteiger partial charge in [0.2, 0.25) is 0 Å². The van der Waals surface area contributed by atoms with E-state index in [0.29, 0.717) is 17.5 Å². The van der Waals surface area contributed by atoms with Crippen LogP contribution in [-0.4, -0.2) is 42.3 Å². The highest BCUT2D eigenvalue weighted by atomic mass is 19.3. The van der Waals surface area contributed by atoms with Crippen LogP contribution >= 0.6 is 0 Å². The van der Waals surface area contributed by atoms with Crippen molar-refractivity contribution >= 4 is 5.91 Å². The van der Waals surface area contributed by atoms with E-state index in [1.807, 2.05) is 0 Å². The average molecular weight is 324 g/mol. The van der Waals surface area contributed by atoms with E-state index in [2.05, 4.69) is 26.6 Å². The number of hydrogen-bond acceptors (Lipinski definition) is 4. The molecular formula is C16H18F2N2O3. The van der Waals surface area contributed by atoms with E-state index in [9.17, 15) is 13.6 Å². The fourth-order valence-corrected chi connectivity index (χ4v) is 3.27. The fraction of sp³-hybridized carbons (Fsp3) is 0.562. The maximum atomic E-state index is 13.0. The number of rotatable bonds is 3. The number of carbonyl (C=O) groups is 1. The van der Waals surface area contributed by atoms with Crippen molar-refractivity contribution in [3.05, 3.63) is 23.8 Å². The Labute approximate surface area is 132 Å². The number of alkyl halides is 2. The van der Waals surface area contributed by atoms with Crippen LogP contribution in [0.2, 0.25) is 0 Å². The molecule has 1 aliphatic carbocycles. The third-order valence-corrected chi connectivity index (χ3v) is 4.68. The molecule has 3 aliphatic rings. The Kier molecular flexibility index (Phi) is 3.23. The van der Waals surface area contributed by atoms with Crippen molar-refractivity contribution in [3.63, 3.8) is 0 Å². The van der Waals surface area contributed by atoms with E-state index < -0.39 is 6.29 Å². The van der Waals surface area contributed by atoms with E-state index in [4.69, 9.17) is 0 Å². The van der Waals surface area contributed by atoms with Crippen LogP contribution in [0.25, 0.3) is 0 Å². The summed E-state index contributed by atoms with van der Waals surface area (Å²) in [6.07, 6.45) is -1.18. The number of likely N-dealkylation sites (tertiary alicyclic amines) is 1. The summed E-state index contributed by atoms with van der Waals surface area (Å²) in [6.45, 7) is 3.96. The second-order valence-corrected chi connectivity index (χ2v) is 6.57. The topological polar surface area (TPSA) is 50.8 Å². The average Bonchev–Trinajstić information content (AvgIpc) is 3.19. The first-order chi connectivity index (χ1) is 10.9. The van der Waals surface area contributed by atoms with Crippen LogP contribution < -0.4 is 14.8 Å². The van der Waals surface area contributed by atoms with Crippen LogP contribution in [0, 0.1) is 5.92 Å².